The van der Waals surface area contributed by atoms with Gasteiger partial charge >= 0.3 is 0 Å². The van der Waals surface area contributed by atoms with E-state index < -0.39 is 0 Å². The summed E-state index contributed by atoms with van der Waals surface area (Å²) in [6.07, 6.45) is 2.32. The highest BCUT2D eigenvalue weighted by Crippen LogP contribution is 2.15. The highest BCUT2D eigenvalue weighted by molar-refractivity contribution is 14.0. The molecule has 0 aliphatic rings. The van der Waals surface area contributed by atoms with Gasteiger partial charge < -0.3 is 15.5 Å². The monoisotopic (exact) mass is 466 g/mol. The zero-order chi connectivity index (χ0) is 17.1. The minimum Gasteiger partial charge on any atom is -0.357 e. The summed E-state index contributed by atoms with van der Waals surface area (Å²) >= 11 is 6.17. The molecular formula is C18H32ClIN4. The molecule has 6 heteroatoms. The Morgan fingerprint density at radius 3 is 2.54 bits per heavy atom. The minimum absolute atomic E-state index is 0. The van der Waals surface area contributed by atoms with E-state index in [1.54, 1.807) is 0 Å². The fraction of sp³-hybridized carbons (Fsp3) is 0.611. The van der Waals surface area contributed by atoms with E-state index in [2.05, 4.69) is 48.3 Å². The fourth-order valence-corrected chi connectivity index (χ4v) is 2.28. The Hall–Kier alpha value is -0.530. The molecule has 138 valence electrons. The van der Waals surface area contributed by atoms with Crippen LogP contribution in [-0.2, 0) is 6.54 Å². The van der Waals surface area contributed by atoms with Crippen LogP contribution in [-0.4, -0.2) is 43.6 Å². The Morgan fingerprint density at radius 2 is 1.92 bits per heavy atom. The maximum absolute atomic E-state index is 6.17. The van der Waals surface area contributed by atoms with E-state index in [1.165, 1.54) is 6.42 Å². The van der Waals surface area contributed by atoms with Crippen molar-refractivity contribution in [3.63, 3.8) is 0 Å². The topological polar surface area (TPSA) is 39.7 Å². The van der Waals surface area contributed by atoms with Gasteiger partial charge in [-0.15, -0.1) is 24.0 Å². The van der Waals surface area contributed by atoms with Gasteiger partial charge in [0.15, 0.2) is 5.96 Å². The molecule has 1 aromatic rings. The third kappa shape index (κ3) is 9.69. The van der Waals surface area contributed by atoms with Crippen molar-refractivity contribution in [2.24, 2.45) is 4.99 Å². The van der Waals surface area contributed by atoms with Crippen LogP contribution in [0.2, 0.25) is 5.02 Å². The Balaban J connectivity index is 0.00000529. The van der Waals surface area contributed by atoms with Crippen LogP contribution < -0.4 is 10.6 Å². The second-order valence-corrected chi connectivity index (χ2v) is 6.40. The van der Waals surface area contributed by atoms with E-state index in [0.717, 1.165) is 42.6 Å². The number of halogens is 2. The van der Waals surface area contributed by atoms with Crippen molar-refractivity contribution in [3.05, 3.63) is 34.9 Å². The number of hydrogen-bond acceptors (Lipinski definition) is 2. The molecule has 0 bridgehead atoms. The van der Waals surface area contributed by atoms with E-state index >= 15 is 0 Å². The van der Waals surface area contributed by atoms with Crippen LogP contribution in [0, 0.1) is 0 Å². The maximum Gasteiger partial charge on any atom is 0.191 e. The van der Waals surface area contributed by atoms with Crippen LogP contribution in [0.1, 0.15) is 39.2 Å². The first-order chi connectivity index (χ1) is 11.0. The van der Waals surface area contributed by atoms with Crippen molar-refractivity contribution in [1.82, 2.24) is 15.5 Å². The molecule has 0 radical (unpaired) electrons. The number of nitrogens with one attached hydrogen (secondary N) is 2. The molecule has 2 N–H and O–H groups in total. The normalized spacial score (nSPS) is 11.5. The molecule has 0 unspecified atom stereocenters. The number of aliphatic imine (C=N–C) groups is 1. The molecule has 4 nitrogen and oxygen atoms in total. The van der Waals surface area contributed by atoms with Crippen LogP contribution in [0.5, 0.6) is 0 Å². The molecule has 0 amide bonds. The first-order valence-corrected chi connectivity index (χ1v) is 8.88. The standard InChI is InChI=1S/C18H31ClN4.HI/c1-5-20-18(21-12-8-9-13-23(4)15(2)3)22-14-16-10-6-7-11-17(16)19;/h6-7,10-11,15H,5,8-9,12-14H2,1-4H3,(H2,20,21,22);1H. The lowest BCUT2D eigenvalue weighted by Crippen LogP contribution is -2.38. The van der Waals surface area contributed by atoms with Crippen LogP contribution in [0.15, 0.2) is 29.3 Å². The predicted molar refractivity (Wildman–Crippen MR) is 117 cm³/mol. The highest BCUT2D eigenvalue weighted by atomic mass is 127. The van der Waals surface area contributed by atoms with Crippen molar-refractivity contribution in [3.8, 4) is 0 Å². The van der Waals surface area contributed by atoms with Gasteiger partial charge in [-0.25, -0.2) is 4.99 Å². The van der Waals surface area contributed by atoms with Gasteiger partial charge in [-0.1, -0.05) is 29.8 Å². The quantitative estimate of drug-likeness (QED) is 0.249. The van der Waals surface area contributed by atoms with Crippen LogP contribution >= 0.6 is 35.6 Å². The van der Waals surface area contributed by atoms with E-state index in [-0.39, 0.29) is 24.0 Å². The lowest BCUT2D eigenvalue weighted by molar-refractivity contribution is 0.268. The van der Waals surface area contributed by atoms with Gasteiger partial charge in [-0.3, -0.25) is 0 Å². The van der Waals surface area contributed by atoms with Crippen molar-refractivity contribution < 1.29 is 0 Å². The van der Waals surface area contributed by atoms with E-state index in [1.807, 2.05) is 24.3 Å². The zero-order valence-electron chi connectivity index (χ0n) is 15.3. The van der Waals surface area contributed by atoms with Crippen molar-refractivity contribution in [1.29, 1.82) is 0 Å². The first-order valence-electron chi connectivity index (χ1n) is 8.50. The largest absolute Gasteiger partial charge is 0.357 e. The van der Waals surface area contributed by atoms with Gasteiger partial charge in [0, 0.05) is 24.2 Å². The molecule has 0 heterocycles. The highest BCUT2D eigenvalue weighted by Gasteiger charge is 2.03. The summed E-state index contributed by atoms with van der Waals surface area (Å²) in [5.41, 5.74) is 1.05. The van der Waals surface area contributed by atoms with Crippen LogP contribution in [0.25, 0.3) is 0 Å². The van der Waals surface area contributed by atoms with Gasteiger partial charge in [0.1, 0.15) is 0 Å². The maximum atomic E-state index is 6.17. The SMILES string of the molecule is CCNC(=NCc1ccccc1Cl)NCCCCN(C)C(C)C.I. The minimum atomic E-state index is 0. The van der Waals surface area contributed by atoms with Gasteiger partial charge in [-0.05, 0) is 58.8 Å². The van der Waals surface area contributed by atoms with E-state index in [4.69, 9.17) is 11.6 Å². The van der Waals surface area contributed by atoms with Gasteiger partial charge in [0.05, 0.1) is 6.54 Å². The molecular weight excluding hydrogens is 435 g/mol. The number of benzene rings is 1. The Labute approximate surface area is 169 Å². The molecule has 24 heavy (non-hydrogen) atoms. The van der Waals surface area contributed by atoms with Crippen LogP contribution in [0.4, 0.5) is 0 Å². The number of hydrogen-bond donors (Lipinski definition) is 2. The fourth-order valence-electron chi connectivity index (χ4n) is 2.08. The van der Waals surface area contributed by atoms with E-state index in [9.17, 15) is 0 Å². The summed E-state index contributed by atoms with van der Waals surface area (Å²) in [5, 5.41) is 7.43. The summed E-state index contributed by atoms with van der Waals surface area (Å²) in [7, 11) is 2.17. The average molecular weight is 467 g/mol. The summed E-state index contributed by atoms with van der Waals surface area (Å²) in [5.74, 6) is 0.852. The molecule has 0 saturated carbocycles. The van der Waals surface area contributed by atoms with Crippen molar-refractivity contribution in [2.45, 2.75) is 46.2 Å². The van der Waals surface area contributed by atoms with Crippen molar-refractivity contribution in [2.75, 3.05) is 26.7 Å². The third-order valence-corrected chi connectivity index (χ3v) is 4.19. The summed E-state index contributed by atoms with van der Waals surface area (Å²) in [4.78, 5) is 6.98. The first kappa shape index (κ1) is 23.5. The Bertz CT molecular complexity index is 480. The number of rotatable bonds is 9. The molecule has 0 fully saturated rings. The van der Waals surface area contributed by atoms with Crippen LogP contribution in [0.3, 0.4) is 0 Å². The summed E-state index contributed by atoms with van der Waals surface area (Å²) in [6, 6.07) is 8.45. The molecule has 0 saturated heterocycles. The van der Waals surface area contributed by atoms with Crippen molar-refractivity contribution >= 4 is 41.5 Å². The second-order valence-electron chi connectivity index (χ2n) is 5.99. The molecule has 1 rings (SSSR count). The lowest BCUT2D eigenvalue weighted by atomic mass is 10.2. The van der Waals surface area contributed by atoms with Gasteiger partial charge in [0.2, 0.25) is 0 Å². The predicted octanol–water partition coefficient (Wildman–Crippen LogP) is 4.13. The number of nitrogens with zero attached hydrogens (tertiary/aromatic N) is 2. The third-order valence-electron chi connectivity index (χ3n) is 3.82. The molecule has 0 aliphatic carbocycles. The number of guanidine groups is 1. The molecule has 0 aromatic heterocycles. The second kappa shape index (κ2) is 13.7. The molecule has 0 spiro atoms. The van der Waals surface area contributed by atoms with Gasteiger partial charge in [-0.2, -0.15) is 0 Å². The zero-order valence-corrected chi connectivity index (χ0v) is 18.4. The average Bonchev–Trinajstić information content (AvgIpc) is 2.53. The van der Waals surface area contributed by atoms with Gasteiger partial charge in [0.25, 0.3) is 0 Å². The lowest BCUT2D eigenvalue weighted by Gasteiger charge is -2.20. The Morgan fingerprint density at radius 1 is 1.21 bits per heavy atom. The molecule has 0 atom stereocenters. The smallest absolute Gasteiger partial charge is 0.191 e. The molecule has 0 aliphatic heterocycles. The molecule has 1 aromatic carbocycles. The summed E-state index contributed by atoms with van der Waals surface area (Å²) in [6.45, 7) is 10.0. The summed E-state index contributed by atoms with van der Waals surface area (Å²) < 4.78 is 0. The number of unbranched alkanes of at least 4 members (excludes halogenated alkanes) is 1. The Kier molecular flexibility index (Phi) is 13.4. The van der Waals surface area contributed by atoms with E-state index in [0.29, 0.717) is 12.6 Å².